The molecule has 1 aliphatic heterocycles. The third kappa shape index (κ3) is 6.16. The molecular formula is C26H39N3O7. The number of aliphatic hydroxyl groups is 1. The van der Waals surface area contributed by atoms with Gasteiger partial charge in [0.2, 0.25) is 11.8 Å². The highest BCUT2D eigenvalue weighted by atomic mass is 16.7. The number of rotatable bonds is 8. The average Bonchev–Trinajstić information content (AvgIpc) is 3.22. The number of nitrogens with one attached hydrogen (secondary N) is 2. The van der Waals surface area contributed by atoms with Crippen molar-refractivity contribution in [1.29, 1.82) is 0 Å². The number of methoxy groups -OCH3 is 2. The van der Waals surface area contributed by atoms with Gasteiger partial charge in [-0.2, -0.15) is 0 Å². The normalized spacial score (nSPS) is 21.9. The van der Waals surface area contributed by atoms with E-state index in [0.29, 0.717) is 6.42 Å². The molecular weight excluding hydrogens is 466 g/mol. The van der Waals surface area contributed by atoms with Crippen molar-refractivity contribution in [2.24, 2.45) is 0 Å². The number of likely N-dealkylation sites (tertiary alicyclic amines) is 1. The van der Waals surface area contributed by atoms with E-state index in [4.69, 9.17) is 14.2 Å². The summed E-state index contributed by atoms with van der Waals surface area (Å²) < 4.78 is 16.5. The van der Waals surface area contributed by atoms with Gasteiger partial charge in [-0.1, -0.05) is 24.3 Å². The summed E-state index contributed by atoms with van der Waals surface area (Å²) in [5.41, 5.74) is 1.52. The molecule has 1 heterocycles. The van der Waals surface area contributed by atoms with Gasteiger partial charge in [0.1, 0.15) is 17.7 Å². The van der Waals surface area contributed by atoms with E-state index in [2.05, 4.69) is 16.7 Å². The van der Waals surface area contributed by atoms with Crippen LogP contribution in [0.5, 0.6) is 0 Å². The molecule has 10 nitrogen and oxygen atoms in total. The lowest BCUT2D eigenvalue weighted by atomic mass is 9.87. The Morgan fingerprint density at radius 1 is 1.17 bits per heavy atom. The molecule has 1 saturated heterocycles. The Labute approximate surface area is 212 Å². The highest BCUT2D eigenvalue weighted by Gasteiger charge is 2.54. The number of alkyl carbamates (subject to hydrolysis) is 1. The maximum Gasteiger partial charge on any atom is 0.408 e. The largest absolute Gasteiger partial charge is 0.444 e. The Kier molecular flexibility index (Phi) is 8.97. The molecule has 1 aliphatic carbocycles. The van der Waals surface area contributed by atoms with E-state index < -0.39 is 35.6 Å². The van der Waals surface area contributed by atoms with Crippen LogP contribution < -0.4 is 10.6 Å². The van der Waals surface area contributed by atoms with Gasteiger partial charge in [-0.05, 0) is 64.0 Å². The lowest BCUT2D eigenvalue weighted by molar-refractivity contribution is -0.277. The summed E-state index contributed by atoms with van der Waals surface area (Å²) in [6.45, 7) is 4.77. The quantitative estimate of drug-likeness (QED) is 0.463. The molecule has 0 radical (unpaired) electrons. The molecule has 3 atom stereocenters. The van der Waals surface area contributed by atoms with E-state index in [-0.39, 0.29) is 31.4 Å². The number of aliphatic hydroxyl groups excluding tert-OH is 1. The van der Waals surface area contributed by atoms with Gasteiger partial charge in [0.25, 0.3) is 5.91 Å². The zero-order chi connectivity index (χ0) is 26.5. The van der Waals surface area contributed by atoms with E-state index in [1.807, 2.05) is 18.2 Å². The van der Waals surface area contributed by atoms with Crippen LogP contribution in [0.25, 0.3) is 0 Å². The van der Waals surface area contributed by atoms with Crippen molar-refractivity contribution in [2.75, 3.05) is 20.8 Å². The van der Waals surface area contributed by atoms with Crippen molar-refractivity contribution in [3.63, 3.8) is 0 Å². The minimum atomic E-state index is -1.48. The third-order valence-electron chi connectivity index (χ3n) is 6.68. The van der Waals surface area contributed by atoms with E-state index in [9.17, 15) is 19.5 Å². The first-order chi connectivity index (χ1) is 17.0. The average molecular weight is 506 g/mol. The van der Waals surface area contributed by atoms with Gasteiger partial charge in [0.05, 0.1) is 6.04 Å². The molecule has 0 saturated carbocycles. The zero-order valence-electron chi connectivity index (χ0n) is 21.8. The molecule has 3 N–H and O–H groups in total. The molecule has 1 aromatic rings. The number of ether oxygens (including phenoxy) is 3. The number of hydrogen-bond donors (Lipinski definition) is 3. The van der Waals surface area contributed by atoms with Crippen molar-refractivity contribution in [2.45, 2.75) is 88.9 Å². The van der Waals surface area contributed by atoms with Gasteiger partial charge in [-0.15, -0.1) is 0 Å². The number of carbonyl (C=O) groups is 3. The Bertz CT molecular complexity index is 942. The lowest BCUT2D eigenvalue weighted by Crippen LogP contribution is -2.62. The molecule has 1 fully saturated rings. The molecule has 200 valence electrons. The molecule has 3 rings (SSSR count). The van der Waals surface area contributed by atoms with Gasteiger partial charge in [-0.3, -0.25) is 14.5 Å². The van der Waals surface area contributed by atoms with Gasteiger partial charge < -0.3 is 30.0 Å². The highest BCUT2D eigenvalue weighted by molar-refractivity contribution is 5.92. The molecule has 0 spiro atoms. The van der Waals surface area contributed by atoms with E-state index in [1.54, 1.807) is 20.8 Å². The number of amides is 3. The van der Waals surface area contributed by atoms with Crippen LogP contribution in [0.1, 0.15) is 70.0 Å². The van der Waals surface area contributed by atoms with Gasteiger partial charge in [0.15, 0.2) is 0 Å². The maximum absolute atomic E-state index is 13.8. The Hall–Kier alpha value is -2.69. The number of carbonyl (C=O) groups excluding carboxylic acids is 3. The van der Waals surface area contributed by atoms with Crippen LogP contribution in [-0.4, -0.2) is 72.3 Å². The number of hydrogen-bond acceptors (Lipinski definition) is 7. The molecule has 0 bridgehead atoms. The Morgan fingerprint density at radius 3 is 2.50 bits per heavy atom. The number of nitrogens with zero attached hydrogens (tertiary/aromatic N) is 1. The monoisotopic (exact) mass is 505 g/mol. The predicted molar refractivity (Wildman–Crippen MR) is 132 cm³/mol. The fourth-order valence-corrected chi connectivity index (χ4v) is 5.04. The van der Waals surface area contributed by atoms with Crippen molar-refractivity contribution < 1.29 is 33.7 Å². The first kappa shape index (κ1) is 27.9. The highest BCUT2D eigenvalue weighted by Crippen LogP contribution is 2.37. The Morgan fingerprint density at radius 2 is 1.86 bits per heavy atom. The van der Waals surface area contributed by atoms with Crippen LogP contribution in [0.15, 0.2) is 24.3 Å². The van der Waals surface area contributed by atoms with Crippen molar-refractivity contribution in [1.82, 2.24) is 15.5 Å². The maximum atomic E-state index is 13.8. The van der Waals surface area contributed by atoms with Gasteiger partial charge >= 0.3 is 6.09 Å². The van der Waals surface area contributed by atoms with Crippen molar-refractivity contribution >= 4 is 17.9 Å². The summed E-state index contributed by atoms with van der Waals surface area (Å²) in [6, 6.07) is 5.86. The number of aryl methyl sites for hydroxylation is 1. The predicted octanol–water partition coefficient (Wildman–Crippen LogP) is 2.39. The van der Waals surface area contributed by atoms with Crippen LogP contribution in [-0.2, 0) is 30.2 Å². The van der Waals surface area contributed by atoms with Crippen LogP contribution in [0.3, 0.4) is 0 Å². The fourth-order valence-electron chi connectivity index (χ4n) is 5.04. The molecule has 10 heteroatoms. The number of benzene rings is 1. The summed E-state index contributed by atoms with van der Waals surface area (Å²) in [7, 11) is 2.81. The number of fused-ring (bicyclic) bond motifs is 1. The summed E-state index contributed by atoms with van der Waals surface area (Å²) in [6.07, 6.45) is 2.43. The molecule has 0 aromatic heterocycles. The lowest BCUT2D eigenvalue weighted by Gasteiger charge is -2.40. The summed E-state index contributed by atoms with van der Waals surface area (Å²) in [5, 5.41) is 15.3. The molecule has 1 unspecified atom stereocenters. The van der Waals surface area contributed by atoms with E-state index >= 15 is 0 Å². The first-order valence-corrected chi connectivity index (χ1v) is 12.5. The molecule has 3 amide bonds. The summed E-state index contributed by atoms with van der Waals surface area (Å²) >= 11 is 0. The topological polar surface area (TPSA) is 126 Å². The van der Waals surface area contributed by atoms with E-state index in [0.717, 1.165) is 24.8 Å². The zero-order valence-corrected chi connectivity index (χ0v) is 21.8. The minimum Gasteiger partial charge on any atom is -0.444 e. The SMILES string of the molecule is COC1(OC)CCC(C(=O)N[C@@H]2CCCc3ccccc32)N1C(=O)[C@H](CCO)NC(=O)OC(C)(C)C. The molecule has 36 heavy (non-hydrogen) atoms. The van der Waals surface area contributed by atoms with Crippen molar-refractivity contribution in [3.05, 3.63) is 35.4 Å². The van der Waals surface area contributed by atoms with Crippen molar-refractivity contribution in [3.8, 4) is 0 Å². The molecule has 1 aromatic carbocycles. The standard InChI is InChI=1S/C26H39N3O7/c1-25(2,3)36-24(33)28-20(14-16-30)23(32)29-21(13-15-26(29,34-4)35-5)22(31)27-19-12-8-10-17-9-6-7-11-18(17)19/h6-7,9,11,19-21,30H,8,10,12-16H2,1-5H3,(H,27,31)(H,28,33)/t19-,20+,21?/m1/s1. The second-order valence-corrected chi connectivity index (χ2v) is 10.2. The van der Waals surface area contributed by atoms with E-state index in [1.165, 1.54) is 24.7 Å². The van der Waals surface area contributed by atoms with Crippen LogP contribution in [0.4, 0.5) is 4.79 Å². The smallest absolute Gasteiger partial charge is 0.408 e. The van der Waals surface area contributed by atoms with Crippen LogP contribution in [0, 0.1) is 0 Å². The fraction of sp³-hybridized carbons (Fsp3) is 0.654. The third-order valence-corrected chi connectivity index (χ3v) is 6.68. The Balaban J connectivity index is 1.85. The second-order valence-electron chi connectivity index (χ2n) is 10.2. The van der Waals surface area contributed by atoms with Gasteiger partial charge in [-0.25, -0.2) is 4.79 Å². The second kappa shape index (κ2) is 11.6. The van der Waals surface area contributed by atoms with Gasteiger partial charge in [0, 0.05) is 27.2 Å². The van der Waals surface area contributed by atoms with Crippen LogP contribution in [0.2, 0.25) is 0 Å². The molecule has 2 aliphatic rings. The minimum absolute atomic E-state index is 0.0670. The first-order valence-electron chi connectivity index (χ1n) is 12.5. The summed E-state index contributed by atoms with van der Waals surface area (Å²) in [4.78, 5) is 41.0. The summed E-state index contributed by atoms with van der Waals surface area (Å²) in [5.74, 6) is -2.39. The van der Waals surface area contributed by atoms with Crippen LogP contribution >= 0.6 is 0 Å².